The number of nitrogens with zero attached hydrogens (tertiary/aromatic N) is 2. The van der Waals surface area contributed by atoms with Crippen molar-refractivity contribution >= 4 is 63.1 Å². The lowest BCUT2D eigenvalue weighted by atomic mass is 10.1. The zero-order valence-corrected chi connectivity index (χ0v) is 20.6. The zero-order valence-electron chi connectivity index (χ0n) is 18.3. The van der Waals surface area contributed by atoms with Crippen LogP contribution in [0.15, 0.2) is 77.8 Å². The van der Waals surface area contributed by atoms with Crippen LogP contribution < -0.4 is 0 Å². The minimum atomic E-state index is -0.346. The molecule has 1 aromatic heterocycles. The summed E-state index contributed by atoms with van der Waals surface area (Å²) in [7, 11) is 0. The van der Waals surface area contributed by atoms with Gasteiger partial charge in [-0.3, -0.25) is 14.5 Å². The molecule has 7 heteroatoms. The number of carbonyl (C=O) groups is 2. The highest BCUT2D eigenvalue weighted by Crippen LogP contribution is 2.37. The Hall–Kier alpha value is -2.99. The predicted molar refractivity (Wildman–Crippen MR) is 140 cm³/mol. The van der Waals surface area contributed by atoms with Gasteiger partial charge in [-0.15, -0.1) is 0 Å². The summed E-state index contributed by atoms with van der Waals surface area (Å²) < 4.78 is 2.17. The van der Waals surface area contributed by atoms with E-state index < -0.39 is 0 Å². The normalized spacial score (nSPS) is 15.1. The molecule has 4 nitrogen and oxygen atoms in total. The quantitative estimate of drug-likeness (QED) is 0.262. The van der Waals surface area contributed by atoms with E-state index in [1.165, 1.54) is 16.0 Å². The van der Waals surface area contributed by atoms with Gasteiger partial charge in [-0.1, -0.05) is 77.3 Å². The van der Waals surface area contributed by atoms with Crippen molar-refractivity contribution in [2.45, 2.75) is 20.0 Å². The van der Waals surface area contributed by atoms with E-state index in [0.717, 1.165) is 28.2 Å². The largest absolute Gasteiger partial charge is 0.342 e. The zero-order chi connectivity index (χ0) is 23.8. The van der Waals surface area contributed by atoms with Crippen LogP contribution in [0, 0.1) is 6.92 Å². The maximum Gasteiger partial charge on any atom is 0.293 e. The van der Waals surface area contributed by atoms with Crippen molar-refractivity contribution in [3.05, 3.63) is 110 Å². The third-order valence-corrected chi connectivity index (χ3v) is 7.45. The minimum Gasteiger partial charge on any atom is -0.342 e. The molecule has 0 N–H and O–H groups in total. The molecule has 5 rings (SSSR count). The van der Waals surface area contributed by atoms with Crippen LogP contribution in [0.25, 0.3) is 17.0 Å². The fourth-order valence-electron chi connectivity index (χ4n) is 4.03. The molecule has 2 heterocycles. The average molecular weight is 507 g/mol. The van der Waals surface area contributed by atoms with Crippen LogP contribution in [-0.2, 0) is 17.9 Å². The number of fused-ring (bicyclic) bond motifs is 1. The highest BCUT2D eigenvalue weighted by Gasteiger charge is 2.36. The van der Waals surface area contributed by atoms with Crippen LogP contribution in [0.1, 0.15) is 22.3 Å². The maximum atomic E-state index is 13.1. The Morgan fingerprint density at radius 2 is 1.59 bits per heavy atom. The molecule has 170 valence electrons. The summed E-state index contributed by atoms with van der Waals surface area (Å²) >= 11 is 13.4. The first-order chi connectivity index (χ1) is 16.4. The first kappa shape index (κ1) is 22.8. The smallest absolute Gasteiger partial charge is 0.293 e. The molecule has 0 aliphatic carbocycles. The summed E-state index contributed by atoms with van der Waals surface area (Å²) in [5.41, 5.74) is 4.93. The Balaban J connectivity index is 1.47. The van der Waals surface area contributed by atoms with Gasteiger partial charge >= 0.3 is 0 Å². The summed E-state index contributed by atoms with van der Waals surface area (Å²) in [6, 6.07) is 21.6. The van der Waals surface area contributed by atoms with Crippen LogP contribution in [0.4, 0.5) is 4.79 Å². The standard InChI is InChI=1S/C27H20Cl2N2O2S/c1-17-9-11-18(12-10-17)14-30-15-19(20-5-2-3-8-24(20)30)13-25-26(32)31(27(33)34-25)16-21-22(28)6-4-7-23(21)29/h2-13,15H,14,16H2,1H3/b25-13-. The maximum absolute atomic E-state index is 13.1. The summed E-state index contributed by atoms with van der Waals surface area (Å²) in [6.07, 6.45) is 3.83. The van der Waals surface area contributed by atoms with Crippen LogP contribution in [-0.4, -0.2) is 20.6 Å². The second-order valence-corrected chi connectivity index (χ2v) is 9.99. The van der Waals surface area contributed by atoms with Gasteiger partial charge in [0.1, 0.15) is 0 Å². The van der Waals surface area contributed by atoms with E-state index in [-0.39, 0.29) is 17.7 Å². The van der Waals surface area contributed by atoms with Crippen molar-refractivity contribution < 1.29 is 9.59 Å². The van der Waals surface area contributed by atoms with Gasteiger partial charge < -0.3 is 4.57 Å². The number of benzene rings is 3. The van der Waals surface area contributed by atoms with Crippen LogP contribution >= 0.6 is 35.0 Å². The van der Waals surface area contributed by atoms with E-state index in [1.807, 2.05) is 24.4 Å². The first-order valence-electron chi connectivity index (χ1n) is 10.7. The van der Waals surface area contributed by atoms with E-state index >= 15 is 0 Å². The second-order valence-electron chi connectivity index (χ2n) is 8.18. The predicted octanol–water partition coefficient (Wildman–Crippen LogP) is 7.54. The summed E-state index contributed by atoms with van der Waals surface area (Å²) in [5.74, 6) is -0.346. The van der Waals surface area contributed by atoms with Crippen molar-refractivity contribution in [3.63, 3.8) is 0 Å². The average Bonchev–Trinajstić information content (AvgIpc) is 3.29. The van der Waals surface area contributed by atoms with Gasteiger partial charge in [0, 0.05) is 44.8 Å². The van der Waals surface area contributed by atoms with Crippen molar-refractivity contribution in [3.8, 4) is 0 Å². The fraction of sp³-hybridized carbons (Fsp3) is 0.111. The molecule has 0 saturated carbocycles. The second kappa shape index (κ2) is 9.34. The molecular formula is C27H20Cl2N2O2S. The van der Waals surface area contributed by atoms with Crippen molar-refractivity contribution in [2.24, 2.45) is 0 Å². The highest BCUT2D eigenvalue weighted by atomic mass is 35.5. The van der Waals surface area contributed by atoms with Crippen LogP contribution in [0.5, 0.6) is 0 Å². The Morgan fingerprint density at radius 1 is 0.882 bits per heavy atom. The van der Waals surface area contributed by atoms with E-state index in [9.17, 15) is 9.59 Å². The highest BCUT2D eigenvalue weighted by molar-refractivity contribution is 8.18. The number of halogens is 2. The van der Waals surface area contributed by atoms with Gasteiger partial charge in [0.05, 0.1) is 11.4 Å². The van der Waals surface area contributed by atoms with Crippen LogP contribution in [0.3, 0.4) is 0 Å². The fourth-order valence-corrected chi connectivity index (χ4v) is 5.38. The lowest BCUT2D eigenvalue weighted by Gasteiger charge is -2.14. The van der Waals surface area contributed by atoms with Gasteiger partial charge in [0.15, 0.2) is 0 Å². The van der Waals surface area contributed by atoms with Gasteiger partial charge in [-0.2, -0.15) is 0 Å². The summed E-state index contributed by atoms with van der Waals surface area (Å²) in [4.78, 5) is 27.4. The van der Waals surface area contributed by atoms with E-state index in [1.54, 1.807) is 24.3 Å². The Morgan fingerprint density at radius 3 is 2.32 bits per heavy atom. The number of rotatable bonds is 5. The number of carbonyl (C=O) groups excluding carboxylic acids is 2. The molecule has 0 unspecified atom stereocenters. The number of hydrogen-bond acceptors (Lipinski definition) is 3. The molecule has 1 saturated heterocycles. The van der Waals surface area contributed by atoms with Crippen molar-refractivity contribution in [2.75, 3.05) is 0 Å². The van der Waals surface area contributed by atoms with Crippen molar-refractivity contribution in [1.82, 2.24) is 9.47 Å². The number of imide groups is 1. The number of para-hydroxylation sites is 1. The Kier molecular flexibility index (Phi) is 6.26. The Labute approximate surface area is 211 Å². The number of hydrogen-bond donors (Lipinski definition) is 0. The monoisotopic (exact) mass is 506 g/mol. The summed E-state index contributed by atoms with van der Waals surface area (Å²) in [6.45, 7) is 2.82. The molecule has 3 aromatic carbocycles. The third-order valence-electron chi connectivity index (χ3n) is 5.83. The van der Waals surface area contributed by atoms with Crippen molar-refractivity contribution in [1.29, 1.82) is 0 Å². The minimum absolute atomic E-state index is 0.0374. The molecule has 0 bridgehead atoms. The molecule has 0 spiro atoms. The topological polar surface area (TPSA) is 42.3 Å². The van der Waals surface area contributed by atoms with E-state index in [0.29, 0.717) is 27.1 Å². The first-order valence-corrected chi connectivity index (χ1v) is 12.3. The Bertz CT molecular complexity index is 1440. The summed E-state index contributed by atoms with van der Waals surface area (Å²) in [5, 5.41) is 1.54. The third kappa shape index (κ3) is 4.39. The van der Waals surface area contributed by atoms with Crippen LogP contribution in [0.2, 0.25) is 10.0 Å². The van der Waals surface area contributed by atoms with Gasteiger partial charge in [-0.05, 0) is 48.5 Å². The molecule has 2 amide bonds. The van der Waals surface area contributed by atoms with Gasteiger partial charge in [0.2, 0.25) is 0 Å². The molecule has 1 aliphatic heterocycles. The van der Waals surface area contributed by atoms with Gasteiger partial charge in [0.25, 0.3) is 11.1 Å². The van der Waals surface area contributed by atoms with Gasteiger partial charge in [-0.25, -0.2) is 0 Å². The molecule has 34 heavy (non-hydrogen) atoms. The number of thioether (sulfide) groups is 1. The molecule has 1 aliphatic rings. The molecule has 0 radical (unpaired) electrons. The van der Waals surface area contributed by atoms with E-state index in [4.69, 9.17) is 23.2 Å². The van der Waals surface area contributed by atoms with E-state index in [2.05, 4.69) is 41.8 Å². The number of aryl methyl sites for hydroxylation is 1. The number of amides is 2. The molecule has 0 atom stereocenters. The molecular weight excluding hydrogens is 487 g/mol. The molecule has 4 aromatic rings. The number of aromatic nitrogens is 1. The SMILES string of the molecule is Cc1ccc(Cn2cc(/C=C3\SC(=O)N(Cc4c(Cl)cccc4Cl)C3=O)c3ccccc32)cc1. The lowest BCUT2D eigenvalue weighted by molar-refractivity contribution is -0.123. The lowest BCUT2D eigenvalue weighted by Crippen LogP contribution is -2.27. The molecule has 1 fully saturated rings.